The van der Waals surface area contributed by atoms with Gasteiger partial charge in [-0.3, -0.25) is 4.79 Å². The number of rotatable bonds is 4. The lowest BCUT2D eigenvalue weighted by molar-refractivity contribution is 0.276. The van der Waals surface area contributed by atoms with Crippen molar-refractivity contribution in [2.45, 2.75) is 26.7 Å². The molecule has 0 unspecified atom stereocenters. The lowest BCUT2D eigenvalue weighted by Gasteiger charge is -1.95. The van der Waals surface area contributed by atoms with Crippen LogP contribution >= 0.6 is 23.5 Å². The highest BCUT2D eigenvalue weighted by Crippen LogP contribution is 2.17. The van der Waals surface area contributed by atoms with Crippen LogP contribution in [0.5, 0.6) is 0 Å². The highest BCUT2D eigenvalue weighted by atomic mass is 32.2. The number of carbonyl (C=O) groups excluding carboxylic acids is 1. The Kier molecular flexibility index (Phi) is 7.75. The molecule has 1 nitrogen and oxygen atoms in total. The predicted molar refractivity (Wildman–Crippen MR) is 50.9 cm³/mol. The van der Waals surface area contributed by atoms with E-state index in [0.717, 1.165) is 24.3 Å². The summed E-state index contributed by atoms with van der Waals surface area (Å²) in [6, 6.07) is 0. The van der Waals surface area contributed by atoms with Crippen LogP contribution in [0.4, 0.5) is 4.79 Å². The summed E-state index contributed by atoms with van der Waals surface area (Å²) in [5.41, 5.74) is 0. The van der Waals surface area contributed by atoms with Gasteiger partial charge < -0.3 is 0 Å². The standard InChI is InChI=1S/C7H14OS2/c1-3-5-9-7(8)10-6-4-2/h3-6H2,1-2H3. The van der Waals surface area contributed by atoms with Crippen LogP contribution in [0.15, 0.2) is 0 Å². The van der Waals surface area contributed by atoms with Crippen LogP contribution in [0.25, 0.3) is 0 Å². The van der Waals surface area contributed by atoms with Crippen molar-refractivity contribution in [3.8, 4) is 0 Å². The average Bonchev–Trinajstić information content (AvgIpc) is 1.97. The van der Waals surface area contributed by atoms with Crippen LogP contribution in [0.2, 0.25) is 0 Å². The molecular formula is C7H14OS2. The highest BCUT2D eigenvalue weighted by Gasteiger charge is 1.99. The number of thioether (sulfide) groups is 2. The van der Waals surface area contributed by atoms with Crippen LogP contribution in [0.1, 0.15) is 26.7 Å². The van der Waals surface area contributed by atoms with Crippen molar-refractivity contribution in [1.29, 1.82) is 0 Å². The molecule has 0 rings (SSSR count). The second kappa shape index (κ2) is 7.48. The maximum atomic E-state index is 10.9. The molecule has 0 heterocycles. The molecule has 0 atom stereocenters. The first kappa shape index (κ1) is 10.4. The van der Waals surface area contributed by atoms with Gasteiger partial charge in [-0.2, -0.15) is 0 Å². The van der Waals surface area contributed by atoms with Gasteiger partial charge >= 0.3 is 0 Å². The topological polar surface area (TPSA) is 17.1 Å². The van der Waals surface area contributed by atoms with Gasteiger partial charge in [0.1, 0.15) is 0 Å². The molecule has 60 valence electrons. The zero-order chi connectivity index (χ0) is 7.82. The molecule has 0 aromatic carbocycles. The summed E-state index contributed by atoms with van der Waals surface area (Å²) >= 11 is 2.88. The number of hydrogen-bond acceptors (Lipinski definition) is 3. The van der Waals surface area contributed by atoms with E-state index in [1.807, 2.05) is 0 Å². The Morgan fingerprint density at radius 2 is 1.50 bits per heavy atom. The van der Waals surface area contributed by atoms with Crippen molar-refractivity contribution in [3.63, 3.8) is 0 Å². The molecule has 0 aliphatic heterocycles. The van der Waals surface area contributed by atoms with E-state index in [1.54, 1.807) is 0 Å². The van der Waals surface area contributed by atoms with Crippen LogP contribution in [-0.4, -0.2) is 16.0 Å². The second-order valence-corrected chi connectivity index (χ2v) is 4.34. The van der Waals surface area contributed by atoms with Gasteiger partial charge in [0.05, 0.1) is 0 Å². The van der Waals surface area contributed by atoms with Gasteiger partial charge in [0.2, 0.25) is 4.45 Å². The molecule has 0 aromatic heterocycles. The molecule has 0 aromatic rings. The zero-order valence-electron chi connectivity index (χ0n) is 6.55. The predicted octanol–water partition coefficient (Wildman–Crippen LogP) is 3.39. The van der Waals surface area contributed by atoms with Gasteiger partial charge in [-0.05, 0) is 12.8 Å². The summed E-state index contributed by atoms with van der Waals surface area (Å²) in [5, 5.41) is 0. The quantitative estimate of drug-likeness (QED) is 0.657. The third-order valence-corrected chi connectivity index (χ3v) is 3.25. The molecule has 0 saturated heterocycles. The van der Waals surface area contributed by atoms with Crippen molar-refractivity contribution < 1.29 is 4.79 Å². The van der Waals surface area contributed by atoms with E-state index < -0.39 is 0 Å². The molecule has 0 N–H and O–H groups in total. The normalized spacial score (nSPS) is 9.80. The first-order chi connectivity index (χ1) is 4.81. The molecule has 0 aliphatic rings. The third-order valence-electron chi connectivity index (χ3n) is 0.848. The maximum absolute atomic E-state index is 10.9. The number of carbonyl (C=O) groups is 1. The van der Waals surface area contributed by atoms with Crippen LogP contribution in [0.3, 0.4) is 0 Å². The zero-order valence-corrected chi connectivity index (χ0v) is 8.19. The van der Waals surface area contributed by atoms with Crippen LogP contribution in [-0.2, 0) is 0 Å². The summed E-state index contributed by atoms with van der Waals surface area (Å²) in [6.07, 6.45) is 2.17. The molecule has 0 bridgehead atoms. The average molecular weight is 178 g/mol. The molecule has 10 heavy (non-hydrogen) atoms. The van der Waals surface area contributed by atoms with E-state index in [4.69, 9.17) is 0 Å². The summed E-state index contributed by atoms with van der Waals surface area (Å²) in [7, 11) is 0. The fourth-order valence-electron chi connectivity index (χ4n) is 0.412. The first-order valence-electron chi connectivity index (χ1n) is 3.60. The molecule has 0 saturated carbocycles. The molecular weight excluding hydrogens is 164 g/mol. The molecule has 0 fully saturated rings. The Labute approximate surface area is 71.3 Å². The van der Waals surface area contributed by atoms with E-state index in [2.05, 4.69) is 13.8 Å². The Bertz CT molecular complexity index is 83.6. The van der Waals surface area contributed by atoms with E-state index in [9.17, 15) is 4.79 Å². The van der Waals surface area contributed by atoms with Crippen molar-refractivity contribution >= 4 is 28.0 Å². The Hall–Kier alpha value is 0.370. The van der Waals surface area contributed by atoms with E-state index in [1.165, 1.54) is 23.5 Å². The largest absolute Gasteiger partial charge is 0.274 e. The van der Waals surface area contributed by atoms with Crippen molar-refractivity contribution in [3.05, 3.63) is 0 Å². The summed E-state index contributed by atoms with van der Waals surface area (Å²) in [5.74, 6) is 1.94. The molecule has 0 radical (unpaired) electrons. The monoisotopic (exact) mass is 178 g/mol. The van der Waals surface area contributed by atoms with Gasteiger partial charge in [-0.25, -0.2) is 0 Å². The fourth-order valence-corrected chi connectivity index (χ4v) is 1.99. The van der Waals surface area contributed by atoms with Crippen molar-refractivity contribution in [2.24, 2.45) is 0 Å². The minimum Gasteiger partial charge on any atom is -0.274 e. The van der Waals surface area contributed by atoms with Gasteiger partial charge in [-0.15, -0.1) is 0 Å². The summed E-state index contributed by atoms with van der Waals surface area (Å²) in [6.45, 7) is 4.18. The molecule has 3 heteroatoms. The Morgan fingerprint density at radius 1 is 1.10 bits per heavy atom. The smallest absolute Gasteiger partial charge is 0.246 e. The van der Waals surface area contributed by atoms with E-state index in [0.29, 0.717) is 0 Å². The van der Waals surface area contributed by atoms with Gasteiger partial charge in [0.15, 0.2) is 0 Å². The molecule has 0 amide bonds. The second-order valence-electron chi connectivity index (χ2n) is 1.95. The maximum Gasteiger partial charge on any atom is 0.246 e. The van der Waals surface area contributed by atoms with Crippen LogP contribution < -0.4 is 0 Å². The Balaban J connectivity index is 3.09. The minimum atomic E-state index is 0.281. The van der Waals surface area contributed by atoms with Gasteiger partial charge in [0.25, 0.3) is 0 Å². The Morgan fingerprint density at radius 3 is 1.80 bits per heavy atom. The highest BCUT2D eigenvalue weighted by molar-refractivity contribution is 8.38. The van der Waals surface area contributed by atoms with Gasteiger partial charge in [0, 0.05) is 11.5 Å². The lowest BCUT2D eigenvalue weighted by Crippen LogP contribution is -1.85. The fraction of sp³-hybridized carbons (Fsp3) is 0.857. The van der Waals surface area contributed by atoms with Gasteiger partial charge in [-0.1, -0.05) is 37.4 Å². The van der Waals surface area contributed by atoms with Crippen molar-refractivity contribution in [2.75, 3.05) is 11.5 Å². The minimum absolute atomic E-state index is 0.281. The first-order valence-corrected chi connectivity index (χ1v) is 5.58. The van der Waals surface area contributed by atoms with Crippen molar-refractivity contribution in [1.82, 2.24) is 0 Å². The lowest BCUT2D eigenvalue weighted by atomic mass is 10.6. The van der Waals surface area contributed by atoms with E-state index >= 15 is 0 Å². The summed E-state index contributed by atoms with van der Waals surface area (Å²) < 4.78 is 0.281. The SMILES string of the molecule is CCCSC(=O)SCCC. The third kappa shape index (κ3) is 6.49. The summed E-state index contributed by atoms with van der Waals surface area (Å²) in [4.78, 5) is 10.9. The van der Waals surface area contributed by atoms with Crippen LogP contribution in [0, 0.1) is 0 Å². The number of hydrogen-bond donors (Lipinski definition) is 0. The molecule has 0 aliphatic carbocycles. The van der Waals surface area contributed by atoms with E-state index in [-0.39, 0.29) is 4.45 Å². The molecule has 0 spiro atoms.